The number of piperidine rings is 1. The van der Waals surface area contributed by atoms with Crippen molar-refractivity contribution in [3.8, 4) is 0 Å². The van der Waals surface area contributed by atoms with E-state index in [2.05, 4.69) is 14.9 Å². The van der Waals surface area contributed by atoms with Crippen molar-refractivity contribution in [2.75, 3.05) is 18.0 Å². The van der Waals surface area contributed by atoms with E-state index in [1.165, 1.54) is 12.6 Å². The van der Waals surface area contributed by atoms with Crippen molar-refractivity contribution in [2.24, 2.45) is 0 Å². The van der Waals surface area contributed by atoms with Gasteiger partial charge in [0.2, 0.25) is 0 Å². The summed E-state index contributed by atoms with van der Waals surface area (Å²) in [7, 11) is 0. The Morgan fingerprint density at radius 1 is 1.28 bits per heavy atom. The molecule has 0 bridgehead atoms. The van der Waals surface area contributed by atoms with Crippen LogP contribution in [0.15, 0.2) is 6.20 Å². The zero-order valence-corrected chi connectivity index (χ0v) is 10.3. The van der Waals surface area contributed by atoms with Crippen molar-refractivity contribution >= 4 is 11.8 Å². The van der Waals surface area contributed by atoms with Crippen LogP contribution in [0.25, 0.3) is 0 Å². The average Bonchev–Trinajstić information content (AvgIpc) is 3.23. The van der Waals surface area contributed by atoms with E-state index in [9.17, 15) is 9.90 Å². The van der Waals surface area contributed by atoms with Crippen LogP contribution in [0, 0.1) is 0 Å². The van der Waals surface area contributed by atoms with Gasteiger partial charge in [-0.15, -0.1) is 0 Å². The minimum Gasteiger partial charge on any atom is -0.477 e. The Bertz CT molecular complexity index is 465. The first-order valence-corrected chi connectivity index (χ1v) is 6.61. The van der Waals surface area contributed by atoms with Crippen molar-refractivity contribution < 1.29 is 9.90 Å². The lowest BCUT2D eigenvalue weighted by Gasteiger charge is -2.28. The minimum absolute atomic E-state index is 0.237. The number of anilines is 1. The van der Waals surface area contributed by atoms with Crippen LogP contribution in [-0.4, -0.2) is 34.1 Å². The molecule has 1 aromatic heterocycles. The highest BCUT2D eigenvalue weighted by atomic mass is 16.4. The van der Waals surface area contributed by atoms with Crippen LogP contribution >= 0.6 is 0 Å². The number of carboxylic acid groups (broad SMARTS) is 1. The van der Waals surface area contributed by atoms with E-state index in [1.54, 1.807) is 0 Å². The Kier molecular flexibility index (Phi) is 2.89. The molecule has 0 unspecified atom stereocenters. The Labute approximate surface area is 106 Å². The second kappa shape index (κ2) is 4.55. The molecule has 0 radical (unpaired) electrons. The molecule has 2 fully saturated rings. The van der Waals surface area contributed by atoms with Crippen LogP contribution in [0.5, 0.6) is 0 Å². The number of hydrogen-bond donors (Lipinski definition) is 1. The molecule has 1 aromatic rings. The summed E-state index contributed by atoms with van der Waals surface area (Å²) in [5.74, 6) is 0.967. The topological polar surface area (TPSA) is 66.3 Å². The number of carboxylic acids is 1. The molecule has 1 aliphatic carbocycles. The summed E-state index contributed by atoms with van der Waals surface area (Å²) in [6.45, 7) is 1.81. The molecule has 0 amide bonds. The Balaban J connectivity index is 1.96. The molecule has 5 nitrogen and oxygen atoms in total. The van der Waals surface area contributed by atoms with Crippen LogP contribution in [-0.2, 0) is 0 Å². The normalized spacial score (nSPS) is 19.9. The maximum atomic E-state index is 11.3. The zero-order valence-electron chi connectivity index (χ0n) is 10.3. The van der Waals surface area contributed by atoms with Gasteiger partial charge in [-0.1, -0.05) is 0 Å². The quantitative estimate of drug-likeness (QED) is 0.885. The molecule has 5 heteroatoms. The first-order chi connectivity index (χ1) is 8.75. The SMILES string of the molecule is O=C(O)c1cnc(C2CC2)nc1N1CCCCC1. The predicted octanol–water partition coefficient (Wildman–Crippen LogP) is 2.04. The van der Waals surface area contributed by atoms with Gasteiger partial charge in [-0.05, 0) is 32.1 Å². The molecule has 0 aromatic carbocycles. The average molecular weight is 247 g/mol. The van der Waals surface area contributed by atoms with Gasteiger partial charge in [0.15, 0.2) is 0 Å². The van der Waals surface area contributed by atoms with Crippen LogP contribution in [0.4, 0.5) is 5.82 Å². The van der Waals surface area contributed by atoms with E-state index in [0.29, 0.717) is 11.7 Å². The minimum atomic E-state index is -0.932. The molecule has 2 aliphatic rings. The maximum absolute atomic E-state index is 11.3. The van der Waals surface area contributed by atoms with Crippen LogP contribution in [0.3, 0.4) is 0 Å². The number of aromatic nitrogens is 2. The molecular weight excluding hydrogens is 230 g/mol. The van der Waals surface area contributed by atoms with E-state index >= 15 is 0 Å². The van der Waals surface area contributed by atoms with Gasteiger partial charge in [-0.2, -0.15) is 0 Å². The molecule has 1 saturated carbocycles. The van der Waals surface area contributed by atoms with Gasteiger partial charge >= 0.3 is 5.97 Å². The highest BCUT2D eigenvalue weighted by molar-refractivity contribution is 5.93. The first-order valence-electron chi connectivity index (χ1n) is 6.61. The molecule has 18 heavy (non-hydrogen) atoms. The summed E-state index contributed by atoms with van der Waals surface area (Å²) in [5.41, 5.74) is 0.237. The van der Waals surface area contributed by atoms with Crippen LogP contribution in [0.1, 0.15) is 54.2 Å². The number of aromatic carboxylic acids is 1. The molecular formula is C13H17N3O2. The summed E-state index contributed by atoms with van der Waals surface area (Å²) in [5, 5.41) is 9.23. The number of rotatable bonds is 3. The predicted molar refractivity (Wildman–Crippen MR) is 67.0 cm³/mol. The lowest BCUT2D eigenvalue weighted by atomic mass is 10.1. The van der Waals surface area contributed by atoms with Gasteiger partial charge in [0.25, 0.3) is 0 Å². The van der Waals surface area contributed by atoms with Crippen molar-refractivity contribution in [3.05, 3.63) is 17.6 Å². The number of carbonyl (C=O) groups is 1. The molecule has 1 N–H and O–H groups in total. The van der Waals surface area contributed by atoms with Gasteiger partial charge in [0, 0.05) is 25.2 Å². The van der Waals surface area contributed by atoms with Gasteiger partial charge in [-0.25, -0.2) is 14.8 Å². The van der Waals surface area contributed by atoms with E-state index in [-0.39, 0.29) is 5.56 Å². The lowest BCUT2D eigenvalue weighted by molar-refractivity contribution is 0.0696. The summed E-state index contributed by atoms with van der Waals surface area (Å²) in [6, 6.07) is 0. The fourth-order valence-corrected chi connectivity index (χ4v) is 2.42. The summed E-state index contributed by atoms with van der Waals surface area (Å²) < 4.78 is 0. The molecule has 0 atom stereocenters. The monoisotopic (exact) mass is 247 g/mol. The van der Waals surface area contributed by atoms with E-state index in [4.69, 9.17) is 0 Å². The highest BCUT2D eigenvalue weighted by Crippen LogP contribution is 2.38. The van der Waals surface area contributed by atoms with Gasteiger partial charge < -0.3 is 10.0 Å². The molecule has 1 saturated heterocycles. The molecule has 1 aliphatic heterocycles. The zero-order chi connectivity index (χ0) is 12.5. The molecule has 3 rings (SSSR count). The maximum Gasteiger partial charge on any atom is 0.341 e. The third-order valence-corrected chi connectivity index (χ3v) is 3.62. The van der Waals surface area contributed by atoms with Crippen molar-refractivity contribution in [1.29, 1.82) is 0 Å². The molecule has 96 valence electrons. The largest absolute Gasteiger partial charge is 0.477 e. The van der Waals surface area contributed by atoms with Crippen molar-refractivity contribution in [1.82, 2.24) is 9.97 Å². The summed E-state index contributed by atoms with van der Waals surface area (Å²) in [6.07, 6.45) is 7.19. The number of hydrogen-bond acceptors (Lipinski definition) is 4. The summed E-state index contributed by atoms with van der Waals surface area (Å²) in [4.78, 5) is 22.1. The van der Waals surface area contributed by atoms with Gasteiger partial charge in [0.05, 0.1) is 0 Å². The highest BCUT2D eigenvalue weighted by Gasteiger charge is 2.29. The summed E-state index contributed by atoms with van der Waals surface area (Å²) >= 11 is 0. The Morgan fingerprint density at radius 3 is 2.61 bits per heavy atom. The fraction of sp³-hybridized carbons (Fsp3) is 0.615. The van der Waals surface area contributed by atoms with E-state index in [1.807, 2.05) is 0 Å². The van der Waals surface area contributed by atoms with Gasteiger partial charge in [0.1, 0.15) is 17.2 Å². The lowest BCUT2D eigenvalue weighted by Crippen LogP contribution is -2.32. The van der Waals surface area contributed by atoms with Crippen molar-refractivity contribution in [3.63, 3.8) is 0 Å². The van der Waals surface area contributed by atoms with Crippen LogP contribution < -0.4 is 4.90 Å². The van der Waals surface area contributed by atoms with Gasteiger partial charge in [-0.3, -0.25) is 0 Å². The second-order valence-corrected chi connectivity index (χ2v) is 5.09. The standard InChI is InChI=1S/C13H17N3O2/c17-13(18)10-8-14-11(9-4-5-9)15-12(10)16-6-2-1-3-7-16/h8-9H,1-7H2,(H,17,18). The third kappa shape index (κ3) is 2.17. The Morgan fingerprint density at radius 2 is 2.00 bits per heavy atom. The fourth-order valence-electron chi connectivity index (χ4n) is 2.42. The molecule has 0 spiro atoms. The van der Waals surface area contributed by atoms with Crippen molar-refractivity contribution in [2.45, 2.75) is 38.0 Å². The molecule has 2 heterocycles. The first kappa shape index (κ1) is 11.4. The Hall–Kier alpha value is -1.65. The second-order valence-electron chi connectivity index (χ2n) is 5.09. The number of nitrogens with zero attached hydrogens (tertiary/aromatic N) is 3. The third-order valence-electron chi connectivity index (χ3n) is 3.62. The van der Waals surface area contributed by atoms with E-state index in [0.717, 1.165) is 44.6 Å². The van der Waals surface area contributed by atoms with E-state index < -0.39 is 5.97 Å². The van der Waals surface area contributed by atoms with Crippen LogP contribution in [0.2, 0.25) is 0 Å². The smallest absolute Gasteiger partial charge is 0.341 e.